The van der Waals surface area contributed by atoms with Gasteiger partial charge in [0.15, 0.2) is 5.96 Å². The molecule has 0 spiro atoms. The van der Waals surface area contributed by atoms with Crippen molar-refractivity contribution >= 4 is 41.5 Å². The van der Waals surface area contributed by atoms with Crippen LogP contribution in [0.15, 0.2) is 35.3 Å². The Hall–Kier alpha value is -1.51. The Kier molecular flexibility index (Phi) is 9.62. The van der Waals surface area contributed by atoms with Crippen LogP contribution in [0.4, 0.5) is 5.69 Å². The molecule has 7 heteroatoms. The number of hydrogen-bond donors (Lipinski definition) is 3. The molecule has 1 aromatic rings. The van der Waals surface area contributed by atoms with Gasteiger partial charge in [0.1, 0.15) is 0 Å². The minimum atomic E-state index is 0. The summed E-state index contributed by atoms with van der Waals surface area (Å²) in [5.74, 6) is 0.882. The molecule has 2 rings (SSSR count). The topological polar surface area (TPSA) is 68.8 Å². The molecule has 25 heavy (non-hydrogen) atoms. The van der Waals surface area contributed by atoms with E-state index in [0.29, 0.717) is 19.1 Å². The smallest absolute Gasteiger partial charge is 0.222 e. The molecule has 1 aliphatic rings. The summed E-state index contributed by atoms with van der Waals surface area (Å²) >= 11 is 0. The first kappa shape index (κ1) is 21.5. The van der Waals surface area contributed by atoms with Crippen LogP contribution in [0.2, 0.25) is 0 Å². The summed E-state index contributed by atoms with van der Waals surface area (Å²) in [5.41, 5.74) is 1.26. The molecule has 1 aliphatic heterocycles. The third-order valence-corrected chi connectivity index (χ3v) is 4.12. The molecule has 6 nitrogen and oxygen atoms in total. The van der Waals surface area contributed by atoms with Crippen molar-refractivity contribution in [3.63, 3.8) is 0 Å². The number of rotatable bonds is 6. The summed E-state index contributed by atoms with van der Waals surface area (Å²) < 4.78 is 0. The lowest BCUT2D eigenvalue weighted by atomic mass is 10.2. The van der Waals surface area contributed by atoms with Gasteiger partial charge < -0.3 is 20.9 Å². The summed E-state index contributed by atoms with van der Waals surface area (Å²) in [6, 6.07) is 10.9. The van der Waals surface area contributed by atoms with Crippen LogP contribution in [-0.4, -0.2) is 51.1 Å². The molecule has 140 valence electrons. The van der Waals surface area contributed by atoms with Crippen molar-refractivity contribution in [2.75, 3.05) is 38.1 Å². The standard InChI is InChI=1S/C18H29N5O.HI/c1-14(2)17(24)20-10-11-21-18(19-3)22-15-9-12-23(13-15)16-7-5-4-6-8-16;/h4-8,14-15H,9-13H2,1-3H3,(H,20,24)(H2,19,21,22);1H. The van der Waals surface area contributed by atoms with Gasteiger partial charge in [0, 0.05) is 50.9 Å². The SMILES string of the molecule is CN=C(NCCNC(=O)C(C)C)NC1CCN(c2ccccc2)C1.I. The average molecular weight is 459 g/mol. The molecule has 1 saturated heterocycles. The minimum Gasteiger partial charge on any atom is -0.369 e. The predicted octanol–water partition coefficient (Wildman–Crippen LogP) is 1.82. The Balaban J connectivity index is 0.00000312. The number of nitrogens with one attached hydrogen (secondary N) is 3. The highest BCUT2D eigenvalue weighted by atomic mass is 127. The maximum Gasteiger partial charge on any atom is 0.222 e. The van der Waals surface area contributed by atoms with Crippen LogP contribution < -0.4 is 20.9 Å². The van der Waals surface area contributed by atoms with Gasteiger partial charge in [-0.05, 0) is 18.6 Å². The summed E-state index contributed by atoms with van der Waals surface area (Å²) in [6.45, 7) is 7.05. The Labute approximate surface area is 167 Å². The highest BCUT2D eigenvalue weighted by molar-refractivity contribution is 14.0. The van der Waals surface area contributed by atoms with Crippen molar-refractivity contribution in [3.8, 4) is 0 Å². The monoisotopic (exact) mass is 459 g/mol. The average Bonchev–Trinajstić information content (AvgIpc) is 3.06. The van der Waals surface area contributed by atoms with Crippen LogP contribution in [0.1, 0.15) is 20.3 Å². The van der Waals surface area contributed by atoms with Gasteiger partial charge in [-0.15, -0.1) is 24.0 Å². The number of halogens is 1. The van der Waals surface area contributed by atoms with E-state index in [4.69, 9.17) is 0 Å². The van der Waals surface area contributed by atoms with Crippen LogP contribution in [-0.2, 0) is 4.79 Å². The van der Waals surface area contributed by atoms with Gasteiger partial charge in [0.2, 0.25) is 5.91 Å². The van der Waals surface area contributed by atoms with Crippen molar-refractivity contribution in [3.05, 3.63) is 30.3 Å². The number of carbonyl (C=O) groups is 1. The van der Waals surface area contributed by atoms with E-state index in [-0.39, 0.29) is 35.8 Å². The Morgan fingerprint density at radius 2 is 1.92 bits per heavy atom. The zero-order chi connectivity index (χ0) is 17.4. The molecule has 0 aliphatic carbocycles. The predicted molar refractivity (Wildman–Crippen MR) is 115 cm³/mol. The number of anilines is 1. The second-order valence-electron chi connectivity index (χ2n) is 6.36. The quantitative estimate of drug-likeness (QED) is 0.263. The van der Waals surface area contributed by atoms with Crippen LogP contribution in [0.25, 0.3) is 0 Å². The fourth-order valence-electron chi connectivity index (χ4n) is 2.71. The maximum absolute atomic E-state index is 11.5. The molecule has 1 fully saturated rings. The fraction of sp³-hybridized carbons (Fsp3) is 0.556. The first-order valence-electron chi connectivity index (χ1n) is 8.65. The Morgan fingerprint density at radius 3 is 2.56 bits per heavy atom. The lowest BCUT2D eigenvalue weighted by molar-refractivity contribution is -0.123. The second kappa shape index (κ2) is 11.2. The lowest BCUT2D eigenvalue weighted by Gasteiger charge is -2.20. The van der Waals surface area contributed by atoms with E-state index in [0.717, 1.165) is 25.5 Å². The Bertz CT molecular complexity index is 550. The van der Waals surface area contributed by atoms with Gasteiger partial charge in [0.05, 0.1) is 0 Å². The molecule has 1 aromatic carbocycles. The molecule has 1 atom stereocenters. The van der Waals surface area contributed by atoms with Crippen LogP contribution in [0, 0.1) is 5.92 Å². The first-order chi connectivity index (χ1) is 11.6. The van der Waals surface area contributed by atoms with Gasteiger partial charge in [-0.3, -0.25) is 9.79 Å². The zero-order valence-electron chi connectivity index (χ0n) is 15.3. The molecule has 0 bridgehead atoms. The highest BCUT2D eigenvalue weighted by Crippen LogP contribution is 2.19. The van der Waals surface area contributed by atoms with Crippen molar-refractivity contribution < 1.29 is 4.79 Å². The molecule has 3 N–H and O–H groups in total. The van der Waals surface area contributed by atoms with Gasteiger partial charge in [0.25, 0.3) is 0 Å². The molecule has 1 unspecified atom stereocenters. The first-order valence-corrected chi connectivity index (χ1v) is 8.65. The number of benzene rings is 1. The normalized spacial score (nSPS) is 17.2. The van der Waals surface area contributed by atoms with E-state index in [1.807, 2.05) is 19.9 Å². The maximum atomic E-state index is 11.5. The molecule has 0 saturated carbocycles. The van der Waals surface area contributed by atoms with Crippen molar-refractivity contribution in [1.29, 1.82) is 0 Å². The molecule has 1 heterocycles. The van der Waals surface area contributed by atoms with Crippen LogP contribution in [0.3, 0.4) is 0 Å². The van der Waals surface area contributed by atoms with Gasteiger partial charge in [-0.1, -0.05) is 32.0 Å². The molecular weight excluding hydrogens is 429 g/mol. The number of guanidine groups is 1. The second-order valence-corrected chi connectivity index (χ2v) is 6.36. The largest absolute Gasteiger partial charge is 0.369 e. The zero-order valence-corrected chi connectivity index (χ0v) is 17.6. The van der Waals surface area contributed by atoms with E-state index in [1.165, 1.54) is 5.69 Å². The summed E-state index contributed by atoms with van der Waals surface area (Å²) in [5, 5.41) is 9.60. The Morgan fingerprint density at radius 1 is 1.24 bits per heavy atom. The van der Waals surface area contributed by atoms with Crippen LogP contribution >= 0.6 is 24.0 Å². The fourth-order valence-corrected chi connectivity index (χ4v) is 2.71. The lowest BCUT2D eigenvalue weighted by Crippen LogP contribution is -2.46. The van der Waals surface area contributed by atoms with Crippen molar-refractivity contribution in [2.24, 2.45) is 10.9 Å². The van der Waals surface area contributed by atoms with E-state index < -0.39 is 0 Å². The van der Waals surface area contributed by atoms with Gasteiger partial charge >= 0.3 is 0 Å². The molecule has 1 amide bonds. The van der Waals surface area contributed by atoms with Gasteiger partial charge in [-0.25, -0.2) is 0 Å². The number of carbonyl (C=O) groups excluding carboxylic acids is 1. The molecule has 0 aromatic heterocycles. The number of nitrogens with zero attached hydrogens (tertiary/aromatic N) is 2. The summed E-state index contributed by atoms with van der Waals surface area (Å²) in [7, 11) is 1.77. The van der Waals surface area contributed by atoms with E-state index in [9.17, 15) is 4.79 Å². The third-order valence-electron chi connectivity index (χ3n) is 4.12. The number of para-hydroxylation sites is 1. The molecular formula is C18H30IN5O. The van der Waals surface area contributed by atoms with Crippen molar-refractivity contribution in [2.45, 2.75) is 26.3 Å². The van der Waals surface area contributed by atoms with Crippen molar-refractivity contribution in [1.82, 2.24) is 16.0 Å². The van der Waals surface area contributed by atoms with Gasteiger partial charge in [-0.2, -0.15) is 0 Å². The van der Waals surface area contributed by atoms with Crippen LogP contribution in [0.5, 0.6) is 0 Å². The van der Waals surface area contributed by atoms with E-state index in [1.54, 1.807) is 7.05 Å². The highest BCUT2D eigenvalue weighted by Gasteiger charge is 2.23. The molecule has 0 radical (unpaired) electrons. The van der Waals surface area contributed by atoms with E-state index in [2.05, 4.69) is 50.1 Å². The third kappa shape index (κ3) is 7.09. The minimum absolute atomic E-state index is 0. The summed E-state index contributed by atoms with van der Waals surface area (Å²) in [6.07, 6.45) is 1.08. The number of hydrogen-bond acceptors (Lipinski definition) is 3. The van der Waals surface area contributed by atoms with E-state index >= 15 is 0 Å². The summed E-state index contributed by atoms with van der Waals surface area (Å²) in [4.78, 5) is 18.2. The number of aliphatic imine (C=N–C) groups is 1. The number of amides is 1.